The number of halogens is 1. The molecule has 21 heavy (non-hydrogen) atoms. The quantitative estimate of drug-likeness (QED) is 0.941. The van der Waals surface area contributed by atoms with Crippen LogP contribution in [0.5, 0.6) is 0 Å². The summed E-state index contributed by atoms with van der Waals surface area (Å²) in [4.78, 5) is 0. The van der Waals surface area contributed by atoms with Crippen LogP contribution >= 0.6 is 11.6 Å². The van der Waals surface area contributed by atoms with Gasteiger partial charge in [0.2, 0.25) is 0 Å². The van der Waals surface area contributed by atoms with Gasteiger partial charge in [0.25, 0.3) is 0 Å². The lowest BCUT2D eigenvalue weighted by Gasteiger charge is -2.47. The minimum atomic E-state index is 0.0778. The molecular formula is C17H22ClN3. The van der Waals surface area contributed by atoms with E-state index in [4.69, 9.17) is 17.3 Å². The van der Waals surface area contributed by atoms with Crippen LogP contribution in [0.1, 0.15) is 36.1 Å². The van der Waals surface area contributed by atoms with E-state index in [-0.39, 0.29) is 11.5 Å². The van der Waals surface area contributed by atoms with Crippen LogP contribution in [0.4, 0.5) is 0 Å². The molecule has 0 spiro atoms. The number of aromatic nitrogens is 2. The molecule has 1 aliphatic rings. The second-order valence-electron chi connectivity index (χ2n) is 6.16. The van der Waals surface area contributed by atoms with Gasteiger partial charge in [0, 0.05) is 24.1 Å². The van der Waals surface area contributed by atoms with Crippen LogP contribution in [0.15, 0.2) is 30.3 Å². The third kappa shape index (κ3) is 2.39. The Labute approximate surface area is 131 Å². The number of benzene rings is 1. The van der Waals surface area contributed by atoms with Crippen LogP contribution in [0.25, 0.3) is 0 Å². The van der Waals surface area contributed by atoms with Gasteiger partial charge in [-0.2, -0.15) is 5.10 Å². The Morgan fingerprint density at radius 3 is 2.48 bits per heavy atom. The smallest absolute Gasteiger partial charge is 0.130 e. The molecule has 4 heteroatoms. The summed E-state index contributed by atoms with van der Waals surface area (Å²) in [5.74, 6) is 0. The summed E-state index contributed by atoms with van der Waals surface area (Å²) in [5, 5.41) is 5.10. The molecule has 2 N–H and O–H groups in total. The van der Waals surface area contributed by atoms with Crippen LogP contribution in [0, 0.1) is 6.92 Å². The van der Waals surface area contributed by atoms with E-state index in [0.29, 0.717) is 5.15 Å². The van der Waals surface area contributed by atoms with Gasteiger partial charge in [0.1, 0.15) is 5.15 Å². The van der Waals surface area contributed by atoms with E-state index < -0.39 is 0 Å². The summed E-state index contributed by atoms with van der Waals surface area (Å²) in [6, 6.07) is 10.8. The van der Waals surface area contributed by atoms with Crippen molar-refractivity contribution in [3.05, 3.63) is 52.3 Å². The number of hydrogen-bond acceptors (Lipinski definition) is 2. The maximum Gasteiger partial charge on any atom is 0.130 e. The van der Waals surface area contributed by atoms with Crippen molar-refractivity contribution < 1.29 is 0 Å². The zero-order chi connectivity index (χ0) is 15.0. The largest absolute Gasteiger partial charge is 0.327 e. The van der Waals surface area contributed by atoms with Crippen molar-refractivity contribution in [2.75, 3.05) is 0 Å². The fourth-order valence-corrected chi connectivity index (χ4v) is 3.77. The fourth-order valence-electron chi connectivity index (χ4n) is 3.52. The predicted molar refractivity (Wildman–Crippen MR) is 86.6 cm³/mol. The van der Waals surface area contributed by atoms with Crippen molar-refractivity contribution in [3.63, 3.8) is 0 Å². The molecule has 112 valence electrons. The van der Waals surface area contributed by atoms with E-state index >= 15 is 0 Å². The molecule has 3 rings (SSSR count). The first kappa shape index (κ1) is 14.6. The maximum atomic E-state index is 6.63. The van der Waals surface area contributed by atoms with Crippen molar-refractivity contribution in [2.24, 2.45) is 12.8 Å². The first-order valence-electron chi connectivity index (χ1n) is 7.54. The van der Waals surface area contributed by atoms with E-state index in [1.807, 2.05) is 14.0 Å². The van der Waals surface area contributed by atoms with Crippen molar-refractivity contribution in [1.82, 2.24) is 9.78 Å². The van der Waals surface area contributed by atoms with Gasteiger partial charge >= 0.3 is 0 Å². The van der Waals surface area contributed by atoms with Crippen molar-refractivity contribution in [3.8, 4) is 0 Å². The molecular weight excluding hydrogens is 282 g/mol. The summed E-state index contributed by atoms with van der Waals surface area (Å²) in [5.41, 5.74) is 10.2. The van der Waals surface area contributed by atoms with Gasteiger partial charge in [-0.25, -0.2) is 0 Å². The zero-order valence-corrected chi connectivity index (χ0v) is 13.4. The van der Waals surface area contributed by atoms with Crippen LogP contribution in [0.2, 0.25) is 5.15 Å². The lowest BCUT2D eigenvalue weighted by atomic mass is 9.59. The summed E-state index contributed by atoms with van der Waals surface area (Å²) >= 11 is 6.36. The number of hydrogen-bond donors (Lipinski definition) is 1. The average Bonchev–Trinajstić information content (AvgIpc) is 2.65. The highest BCUT2D eigenvalue weighted by molar-refractivity contribution is 6.30. The first-order valence-corrected chi connectivity index (χ1v) is 7.91. The summed E-state index contributed by atoms with van der Waals surface area (Å²) in [6.45, 7) is 2.00. The minimum Gasteiger partial charge on any atom is -0.327 e. The lowest BCUT2D eigenvalue weighted by Crippen LogP contribution is -2.51. The van der Waals surface area contributed by atoms with Crippen molar-refractivity contribution >= 4 is 11.6 Å². The molecule has 1 fully saturated rings. The molecule has 1 aliphatic carbocycles. The molecule has 1 aromatic carbocycles. The number of rotatable bonds is 4. The second kappa shape index (κ2) is 5.47. The van der Waals surface area contributed by atoms with Crippen LogP contribution in [-0.4, -0.2) is 15.8 Å². The minimum absolute atomic E-state index is 0.0778. The molecule has 1 unspecified atom stereocenters. The van der Waals surface area contributed by atoms with E-state index in [0.717, 1.165) is 30.5 Å². The third-order valence-electron chi connectivity index (χ3n) is 5.00. The van der Waals surface area contributed by atoms with Gasteiger partial charge in [-0.1, -0.05) is 48.4 Å². The average molecular weight is 304 g/mol. The first-order chi connectivity index (χ1) is 10.0. The monoisotopic (exact) mass is 303 g/mol. The van der Waals surface area contributed by atoms with Gasteiger partial charge in [0.15, 0.2) is 0 Å². The third-order valence-corrected chi connectivity index (χ3v) is 5.47. The highest BCUT2D eigenvalue weighted by atomic mass is 35.5. The molecule has 1 heterocycles. The molecule has 0 bridgehead atoms. The number of aryl methyl sites for hydroxylation is 2. The van der Waals surface area contributed by atoms with Gasteiger partial charge in [-0.15, -0.1) is 0 Å². The normalized spacial score (nSPS) is 18.3. The highest BCUT2D eigenvalue weighted by Gasteiger charge is 2.44. The number of nitrogens with two attached hydrogens (primary N) is 1. The Hall–Kier alpha value is -1.32. The van der Waals surface area contributed by atoms with Gasteiger partial charge in [-0.3, -0.25) is 4.68 Å². The van der Waals surface area contributed by atoms with Gasteiger partial charge < -0.3 is 5.73 Å². The molecule has 1 atom stereocenters. The van der Waals surface area contributed by atoms with Crippen molar-refractivity contribution in [2.45, 2.75) is 44.1 Å². The standard InChI is InChI=1S/C17H22ClN3/c1-12-14(16(18)21(2)20-12)11-15(19)17(9-6-10-17)13-7-4-3-5-8-13/h3-5,7-8,15H,6,9-11,19H2,1-2H3. The van der Waals surface area contributed by atoms with Crippen LogP contribution in [0.3, 0.4) is 0 Å². The molecule has 2 aromatic rings. The van der Waals surface area contributed by atoms with E-state index in [1.165, 1.54) is 12.0 Å². The molecule has 0 saturated heterocycles. The topological polar surface area (TPSA) is 43.8 Å². The van der Waals surface area contributed by atoms with Gasteiger partial charge in [-0.05, 0) is 31.7 Å². The molecule has 0 amide bonds. The molecule has 0 radical (unpaired) electrons. The Morgan fingerprint density at radius 1 is 1.33 bits per heavy atom. The number of nitrogens with zero attached hydrogens (tertiary/aromatic N) is 2. The van der Waals surface area contributed by atoms with E-state index in [2.05, 4.69) is 35.4 Å². The molecule has 1 saturated carbocycles. The van der Waals surface area contributed by atoms with E-state index in [9.17, 15) is 0 Å². The lowest BCUT2D eigenvalue weighted by molar-refractivity contribution is 0.194. The predicted octanol–water partition coefficient (Wildman–Crippen LogP) is 3.37. The Morgan fingerprint density at radius 2 is 2.00 bits per heavy atom. The Balaban J connectivity index is 1.88. The SMILES string of the molecule is Cc1nn(C)c(Cl)c1CC(N)C1(c2ccccc2)CCC1. The van der Waals surface area contributed by atoms with Gasteiger partial charge in [0.05, 0.1) is 5.69 Å². The molecule has 0 aliphatic heterocycles. The second-order valence-corrected chi connectivity index (χ2v) is 6.52. The van der Waals surface area contributed by atoms with Crippen molar-refractivity contribution in [1.29, 1.82) is 0 Å². The zero-order valence-electron chi connectivity index (χ0n) is 12.6. The molecule has 3 nitrogen and oxygen atoms in total. The fraction of sp³-hybridized carbons (Fsp3) is 0.471. The molecule has 1 aromatic heterocycles. The summed E-state index contributed by atoms with van der Waals surface area (Å²) < 4.78 is 1.73. The summed E-state index contributed by atoms with van der Waals surface area (Å²) in [7, 11) is 1.88. The summed E-state index contributed by atoms with van der Waals surface area (Å²) in [6.07, 6.45) is 4.36. The maximum absolute atomic E-state index is 6.63. The highest BCUT2D eigenvalue weighted by Crippen LogP contribution is 2.46. The van der Waals surface area contributed by atoms with Crippen LogP contribution < -0.4 is 5.73 Å². The van der Waals surface area contributed by atoms with Crippen LogP contribution in [-0.2, 0) is 18.9 Å². The van der Waals surface area contributed by atoms with E-state index in [1.54, 1.807) is 4.68 Å². The Kier molecular flexibility index (Phi) is 3.80. The Bertz CT molecular complexity index is 629.